The Kier molecular flexibility index (Phi) is 3.64. The first-order valence-electron chi connectivity index (χ1n) is 5.96. The molecule has 0 spiro atoms. The Morgan fingerprint density at radius 3 is 2.88 bits per heavy atom. The molecule has 2 aromatic rings. The van der Waals surface area contributed by atoms with E-state index in [9.17, 15) is 0 Å². The summed E-state index contributed by atoms with van der Waals surface area (Å²) in [6, 6.07) is 2.02. The highest BCUT2D eigenvalue weighted by atomic mass is 16.3. The summed E-state index contributed by atoms with van der Waals surface area (Å²) < 4.78 is 7.66. The van der Waals surface area contributed by atoms with Crippen molar-refractivity contribution in [1.29, 1.82) is 0 Å². The minimum atomic E-state index is 0.750. The fourth-order valence-electron chi connectivity index (χ4n) is 1.78. The second kappa shape index (κ2) is 5.19. The zero-order valence-electron chi connectivity index (χ0n) is 10.7. The topological polar surface area (TPSA) is 43.0 Å². The summed E-state index contributed by atoms with van der Waals surface area (Å²) in [6.07, 6.45) is 3.62. The van der Waals surface area contributed by atoms with Crippen molar-refractivity contribution in [2.24, 2.45) is 0 Å². The molecule has 0 saturated carbocycles. The van der Waals surface area contributed by atoms with Gasteiger partial charge in [0.2, 0.25) is 0 Å². The molecule has 0 saturated heterocycles. The SMILES string of the molecule is CCNCc1ccoc1Cn1cnc(C)c1C. The van der Waals surface area contributed by atoms with E-state index in [4.69, 9.17) is 4.42 Å². The Hall–Kier alpha value is -1.55. The third-order valence-electron chi connectivity index (χ3n) is 3.06. The molecule has 4 heteroatoms. The maximum Gasteiger partial charge on any atom is 0.127 e. The molecule has 0 aliphatic carbocycles. The Balaban J connectivity index is 2.13. The number of furan rings is 1. The Morgan fingerprint density at radius 2 is 2.24 bits per heavy atom. The van der Waals surface area contributed by atoms with Gasteiger partial charge in [-0.2, -0.15) is 0 Å². The Morgan fingerprint density at radius 1 is 1.41 bits per heavy atom. The Bertz CT molecular complexity index is 485. The van der Waals surface area contributed by atoms with E-state index in [2.05, 4.69) is 28.7 Å². The van der Waals surface area contributed by atoms with Gasteiger partial charge >= 0.3 is 0 Å². The van der Waals surface area contributed by atoms with Crippen LogP contribution in [0.25, 0.3) is 0 Å². The van der Waals surface area contributed by atoms with E-state index in [1.54, 1.807) is 6.26 Å². The molecule has 0 aliphatic rings. The molecule has 2 aromatic heterocycles. The molecule has 2 rings (SSSR count). The first-order chi connectivity index (χ1) is 8.22. The zero-order valence-corrected chi connectivity index (χ0v) is 10.7. The van der Waals surface area contributed by atoms with Crippen LogP contribution in [-0.2, 0) is 13.1 Å². The third-order valence-corrected chi connectivity index (χ3v) is 3.06. The summed E-state index contributed by atoms with van der Waals surface area (Å²) in [4.78, 5) is 4.29. The third kappa shape index (κ3) is 2.58. The minimum Gasteiger partial charge on any atom is -0.467 e. The van der Waals surface area contributed by atoms with Crippen molar-refractivity contribution < 1.29 is 4.42 Å². The standard InChI is InChI=1S/C13H19N3O/c1-4-14-7-12-5-6-17-13(12)8-16-9-15-10(2)11(16)3/h5-6,9,14H,4,7-8H2,1-3H3. The van der Waals surface area contributed by atoms with Crippen LogP contribution in [0.15, 0.2) is 23.1 Å². The number of hydrogen-bond donors (Lipinski definition) is 1. The zero-order chi connectivity index (χ0) is 12.3. The van der Waals surface area contributed by atoms with Gasteiger partial charge in [-0.3, -0.25) is 0 Å². The van der Waals surface area contributed by atoms with Crippen molar-refractivity contribution in [2.75, 3.05) is 6.54 Å². The maximum absolute atomic E-state index is 5.54. The largest absolute Gasteiger partial charge is 0.467 e. The van der Waals surface area contributed by atoms with E-state index in [0.717, 1.165) is 31.1 Å². The predicted molar refractivity (Wildman–Crippen MR) is 66.9 cm³/mol. The fraction of sp³-hybridized carbons (Fsp3) is 0.462. The van der Waals surface area contributed by atoms with Gasteiger partial charge in [0.25, 0.3) is 0 Å². The van der Waals surface area contributed by atoms with Crippen LogP contribution < -0.4 is 5.32 Å². The second-order valence-corrected chi connectivity index (χ2v) is 4.19. The van der Waals surface area contributed by atoms with Crippen molar-refractivity contribution in [3.05, 3.63) is 41.4 Å². The van der Waals surface area contributed by atoms with Crippen molar-refractivity contribution in [1.82, 2.24) is 14.9 Å². The van der Waals surface area contributed by atoms with E-state index in [1.807, 2.05) is 19.3 Å². The molecule has 0 amide bonds. The van der Waals surface area contributed by atoms with Gasteiger partial charge in [0.1, 0.15) is 5.76 Å². The van der Waals surface area contributed by atoms with Crippen LogP contribution in [0, 0.1) is 13.8 Å². The number of nitrogens with one attached hydrogen (secondary N) is 1. The smallest absolute Gasteiger partial charge is 0.127 e. The van der Waals surface area contributed by atoms with Crippen molar-refractivity contribution in [3.8, 4) is 0 Å². The predicted octanol–water partition coefficient (Wildman–Crippen LogP) is 2.25. The summed E-state index contributed by atoms with van der Waals surface area (Å²) in [6.45, 7) is 8.77. The molecule has 92 valence electrons. The molecule has 4 nitrogen and oxygen atoms in total. The number of imidazole rings is 1. The van der Waals surface area contributed by atoms with Crippen molar-refractivity contribution in [2.45, 2.75) is 33.9 Å². The lowest BCUT2D eigenvalue weighted by Gasteiger charge is -2.06. The highest BCUT2D eigenvalue weighted by Gasteiger charge is 2.09. The molecule has 1 N–H and O–H groups in total. The lowest BCUT2D eigenvalue weighted by Crippen LogP contribution is -2.13. The normalized spacial score (nSPS) is 11.0. The molecule has 0 bridgehead atoms. The van der Waals surface area contributed by atoms with Gasteiger partial charge < -0.3 is 14.3 Å². The molecule has 17 heavy (non-hydrogen) atoms. The number of nitrogens with zero attached hydrogens (tertiary/aromatic N) is 2. The van der Waals surface area contributed by atoms with E-state index in [1.165, 1.54) is 11.3 Å². The summed E-state index contributed by atoms with van der Waals surface area (Å²) in [7, 11) is 0. The molecular weight excluding hydrogens is 214 g/mol. The second-order valence-electron chi connectivity index (χ2n) is 4.19. The van der Waals surface area contributed by atoms with Crippen LogP contribution in [0.5, 0.6) is 0 Å². The lowest BCUT2D eigenvalue weighted by molar-refractivity contribution is 0.483. The maximum atomic E-state index is 5.54. The van der Waals surface area contributed by atoms with Crippen LogP contribution in [0.2, 0.25) is 0 Å². The minimum absolute atomic E-state index is 0.750. The first-order valence-corrected chi connectivity index (χ1v) is 5.96. The monoisotopic (exact) mass is 233 g/mol. The van der Waals surface area contributed by atoms with Gasteiger partial charge in [0.05, 0.1) is 24.8 Å². The van der Waals surface area contributed by atoms with Gasteiger partial charge in [-0.1, -0.05) is 6.92 Å². The molecule has 0 fully saturated rings. The molecule has 0 aliphatic heterocycles. The van der Waals surface area contributed by atoms with Gasteiger partial charge in [0, 0.05) is 17.8 Å². The summed E-state index contributed by atoms with van der Waals surface area (Å²) in [5.41, 5.74) is 3.48. The average molecular weight is 233 g/mol. The molecule has 2 heterocycles. The molecule has 0 radical (unpaired) electrons. The Labute approximate surface area is 102 Å². The number of hydrogen-bond acceptors (Lipinski definition) is 3. The van der Waals surface area contributed by atoms with E-state index in [0.29, 0.717) is 0 Å². The van der Waals surface area contributed by atoms with E-state index in [-0.39, 0.29) is 0 Å². The summed E-state index contributed by atoms with van der Waals surface area (Å²) >= 11 is 0. The van der Waals surface area contributed by atoms with Gasteiger partial charge in [-0.15, -0.1) is 0 Å². The lowest BCUT2D eigenvalue weighted by atomic mass is 10.2. The average Bonchev–Trinajstić information content (AvgIpc) is 2.89. The number of aromatic nitrogens is 2. The summed E-state index contributed by atoms with van der Waals surface area (Å²) in [5.74, 6) is 1.01. The highest BCUT2D eigenvalue weighted by molar-refractivity contribution is 5.19. The highest BCUT2D eigenvalue weighted by Crippen LogP contribution is 2.14. The number of aryl methyl sites for hydroxylation is 1. The van der Waals surface area contributed by atoms with Crippen LogP contribution >= 0.6 is 0 Å². The van der Waals surface area contributed by atoms with Crippen LogP contribution in [0.1, 0.15) is 29.6 Å². The van der Waals surface area contributed by atoms with Crippen LogP contribution in [-0.4, -0.2) is 16.1 Å². The van der Waals surface area contributed by atoms with Crippen LogP contribution in [0.3, 0.4) is 0 Å². The van der Waals surface area contributed by atoms with Gasteiger partial charge in [-0.25, -0.2) is 4.98 Å². The van der Waals surface area contributed by atoms with Crippen LogP contribution in [0.4, 0.5) is 0 Å². The van der Waals surface area contributed by atoms with Crippen molar-refractivity contribution in [3.63, 3.8) is 0 Å². The summed E-state index contributed by atoms with van der Waals surface area (Å²) in [5, 5.41) is 3.31. The first kappa shape index (κ1) is 11.9. The number of rotatable bonds is 5. The molecule has 0 atom stereocenters. The fourth-order valence-corrected chi connectivity index (χ4v) is 1.78. The molecular formula is C13H19N3O. The van der Waals surface area contributed by atoms with Gasteiger partial charge in [-0.05, 0) is 26.5 Å². The van der Waals surface area contributed by atoms with Gasteiger partial charge in [0.15, 0.2) is 0 Å². The van der Waals surface area contributed by atoms with E-state index < -0.39 is 0 Å². The molecule has 0 unspecified atom stereocenters. The van der Waals surface area contributed by atoms with E-state index >= 15 is 0 Å². The molecule has 0 aromatic carbocycles. The van der Waals surface area contributed by atoms with Crippen molar-refractivity contribution >= 4 is 0 Å². The quantitative estimate of drug-likeness (QED) is 0.861.